The number of hydrogen-bond donors (Lipinski definition) is 0. The molecule has 1 fully saturated rings. The average molecular weight is 251 g/mol. The zero-order chi connectivity index (χ0) is 13.8. The van der Waals surface area contributed by atoms with Crippen molar-refractivity contribution in [2.75, 3.05) is 26.2 Å². The normalized spacial score (nSPS) is 17.0. The largest absolute Gasteiger partial charge is 0.332 e. The topological polar surface area (TPSA) is 64.4 Å². The fourth-order valence-electron chi connectivity index (χ4n) is 1.85. The van der Waals surface area contributed by atoms with Gasteiger partial charge in [0.25, 0.3) is 0 Å². The van der Waals surface area contributed by atoms with Crippen molar-refractivity contribution in [1.29, 1.82) is 5.26 Å². The first kappa shape index (κ1) is 14.5. The summed E-state index contributed by atoms with van der Waals surface area (Å²) >= 11 is 0. The van der Waals surface area contributed by atoms with Crippen LogP contribution in [0, 0.1) is 16.7 Å². The minimum absolute atomic E-state index is 0.00575. The Morgan fingerprint density at radius 3 is 2.11 bits per heavy atom. The third-order valence-electron chi connectivity index (χ3n) is 3.16. The Morgan fingerprint density at radius 1 is 1.17 bits per heavy atom. The Morgan fingerprint density at radius 2 is 1.67 bits per heavy atom. The van der Waals surface area contributed by atoms with Crippen molar-refractivity contribution in [3.8, 4) is 6.07 Å². The monoisotopic (exact) mass is 251 g/mol. The van der Waals surface area contributed by atoms with Crippen LogP contribution < -0.4 is 0 Å². The smallest absolute Gasteiger partial charge is 0.242 e. The number of nitrogens with zero attached hydrogens (tertiary/aromatic N) is 3. The highest BCUT2D eigenvalue weighted by atomic mass is 16.2. The molecule has 1 rings (SSSR count). The highest BCUT2D eigenvalue weighted by molar-refractivity contribution is 5.92. The van der Waals surface area contributed by atoms with E-state index in [9.17, 15) is 9.59 Å². The molecule has 0 saturated carbocycles. The van der Waals surface area contributed by atoms with Crippen molar-refractivity contribution in [3.63, 3.8) is 0 Å². The first-order valence-corrected chi connectivity index (χ1v) is 6.36. The van der Waals surface area contributed by atoms with Crippen LogP contribution in [0.25, 0.3) is 0 Å². The van der Waals surface area contributed by atoms with E-state index in [0.717, 1.165) is 6.42 Å². The van der Waals surface area contributed by atoms with E-state index in [2.05, 4.69) is 6.07 Å². The van der Waals surface area contributed by atoms with Gasteiger partial charge in [-0.05, 0) is 26.7 Å². The molecule has 0 N–H and O–H groups in total. The number of piperazine rings is 1. The van der Waals surface area contributed by atoms with Crippen molar-refractivity contribution >= 4 is 11.8 Å². The molecule has 0 spiro atoms. The van der Waals surface area contributed by atoms with E-state index in [0.29, 0.717) is 19.5 Å². The maximum atomic E-state index is 11.9. The minimum atomic E-state index is -0.454. The second-order valence-electron chi connectivity index (χ2n) is 5.38. The van der Waals surface area contributed by atoms with Crippen LogP contribution in [0.1, 0.15) is 33.6 Å². The molecule has 1 aliphatic rings. The molecule has 2 amide bonds. The van der Waals surface area contributed by atoms with E-state index in [-0.39, 0.29) is 24.9 Å². The molecule has 1 saturated heterocycles. The third-order valence-corrected chi connectivity index (χ3v) is 3.16. The van der Waals surface area contributed by atoms with E-state index in [1.54, 1.807) is 9.80 Å². The molecule has 0 unspecified atom stereocenters. The molecule has 0 aromatic heterocycles. The van der Waals surface area contributed by atoms with Gasteiger partial charge >= 0.3 is 0 Å². The predicted octanol–water partition coefficient (Wildman–Crippen LogP) is 1.01. The second kappa shape index (κ2) is 5.85. The molecule has 100 valence electrons. The standard InChI is InChI=1S/C13H21N3O2/c1-4-6-15-8-12(18)16(9-11(15)17)7-5-13(2,3)10-14/h4-9H2,1-3H3. The molecule has 0 radical (unpaired) electrons. The molecule has 0 aromatic carbocycles. The zero-order valence-corrected chi connectivity index (χ0v) is 11.4. The molecule has 0 atom stereocenters. The van der Waals surface area contributed by atoms with E-state index in [4.69, 9.17) is 5.26 Å². The molecule has 0 aromatic rings. The number of amides is 2. The number of carbonyl (C=O) groups is 2. The lowest BCUT2D eigenvalue weighted by Crippen LogP contribution is -2.54. The fourth-order valence-corrected chi connectivity index (χ4v) is 1.85. The molecular weight excluding hydrogens is 230 g/mol. The Bertz CT molecular complexity index is 371. The van der Waals surface area contributed by atoms with Gasteiger partial charge in [0.15, 0.2) is 0 Å². The summed E-state index contributed by atoms with van der Waals surface area (Å²) in [4.78, 5) is 26.8. The summed E-state index contributed by atoms with van der Waals surface area (Å²) in [7, 11) is 0. The van der Waals surface area contributed by atoms with Gasteiger partial charge in [-0.1, -0.05) is 6.92 Å². The van der Waals surface area contributed by atoms with Crippen molar-refractivity contribution in [1.82, 2.24) is 9.80 Å². The number of rotatable bonds is 5. The zero-order valence-electron chi connectivity index (χ0n) is 11.4. The van der Waals surface area contributed by atoms with Crippen LogP contribution >= 0.6 is 0 Å². The lowest BCUT2D eigenvalue weighted by molar-refractivity contribution is -0.150. The van der Waals surface area contributed by atoms with E-state index in [1.165, 1.54) is 0 Å². The van der Waals surface area contributed by atoms with Crippen LogP contribution in [-0.2, 0) is 9.59 Å². The summed E-state index contributed by atoms with van der Waals surface area (Å²) in [5.41, 5.74) is -0.454. The Labute approximate surface area is 108 Å². The van der Waals surface area contributed by atoms with Crippen LogP contribution in [0.3, 0.4) is 0 Å². The molecule has 0 bridgehead atoms. The van der Waals surface area contributed by atoms with Gasteiger partial charge in [-0.25, -0.2) is 0 Å². The lowest BCUT2D eigenvalue weighted by Gasteiger charge is -2.34. The van der Waals surface area contributed by atoms with Crippen LogP contribution in [0.15, 0.2) is 0 Å². The number of nitriles is 1. The average Bonchev–Trinajstić information content (AvgIpc) is 2.32. The van der Waals surface area contributed by atoms with Crippen LogP contribution in [0.2, 0.25) is 0 Å². The first-order chi connectivity index (χ1) is 8.39. The van der Waals surface area contributed by atoms with E-state index >= 15 is 0 Å². The minimum Gasteiger partial charge on any atom is -0.332 e. The van der Waals surface area contributed by atoms with Gasteiger partial charge in [-0.2, -0.15) is 5.26 Å². The molecule has 18 heavy (non-hydrogen) atoms. The van der Waals surface area contributed by atoms with Crippen LogP contribution in [0.4, 0.5) is 0 Å². The van der Waals surface area contributed by atoms with Crippen LogP contribution in [0.5, 0.6) is 0 Å². The Hall–Kier alpha value is -1.57. The highest BCUT2D eigenvalue weighted by Crippen LogP contribution is 2.19. The second-order valence-corrected chi connectivity index (χ2v) is 5.38. The summed E-state index contributed by atoms with van der Waals surface area (Å²) in [6.07, 6.45) is 1.46. The summed E-state index contributed by atoms with van der Waals surface area (Å²) in [5.74, 6) is -0.0111. The maximum absolute atomic E-state index is 11.9. The Balaban J connectivity index is 2.53. The highest BCUT2D eigenvalue weighted by Gasteiger charge is 2.30. The molecule has 1 heterocycles. The molecule has 0 aliphatic carbocycles. The van der Waals surface area contributed by atoms with E-state index in [1.807, 2.05) is 20.8 Å². The van der Waals surface area contributed by atoms with Gasteiger partial charge in [0.1, 0.15) is 0 Å². The molecule has 5 nitrogen and oxygen atoms in total. The number of hydrogen-bond acceptors (Lipinski definition) is 3. The van der Waals surface area contributed by atoms with Gasteiger partial charge in [0.05, 0.1) is 24.6 Å². The molecular formula is C13H21N3O2. The predicted molar refractivity (Wildman–Crippen MR) is 67.5 cm³/mol. The SMILES string of the molecule is CCCN1CC(=O)N(CCC(C)(C)C#N)CC1=O. The van der Waals surface area contributed by atoms with Crippen molar-refractivity contribution < 1.29 is 9.59 Å². The van der Waals surface area contributed by atoms with Gasteiger partial charge < -0.3 is 9.80 Å². The van der Waals surface area contributed by atoms with Gasteiger partial charge in [0, 0.05) is 13.1 Å². The quantitative estimate of drug-likeness (QED) is 0.732. The number of carbonyl (C=O) groups excluding carboxylic acids is 2. The molecule has 1 aliphatic heterocycles. The summed E-state index contributed by atoms with van der Waals surface area (Å²) in [5, 5.41) is 8.92. The van der Waals surface area contributed by atoms with E-state index < -0.39 is 5.41 Å². The van der Waals surface area contributed by atoms with Crippen LogP contribution in [-0.4, -0.2) is 47.8 Å². The third kappa shape index (κ3) is 3.73. The maximum Gasteiger partial charge on any atom is 0.242 e. The first-order valence-electron chi connectivity index (χ1n) is 6.36. The van der Waals surface area contributed by atoms with Gasteiger partial charge in [0.2, 0.25) is 11.8 Å². The lowest BCUT2D eigenvalue weighted by atomic mass is 9.91. The van der Waals surface area contributed by atoms with Crippen molar-refractivity contribution in [3.05, 3.63) is 0 Å². The fraction of sp³-hybridized carbons (Fsp3) is 0.769. The molecule has 5 heteroatoms. The summed E-state index contributed by atoms with van der Waals surface area (Å²) in [6.45, 7) is 7.12. The van der Waals surface area contributed by atoms with Crippen molar-refractivity contribution in [2.45, 2.75) is 33.6 Å². The van der Waals surface area contributed by atoms with Gasteiger partial charge in [-0.15, -0.1) is 0 Å². The Kier molecular flexibility index (Phi) is 4.71. The summed E-state index contributed by atoms with van der Waals surface area (Å²) in [6, 6.07) is 2.20. The van der Waals surface area contributed by atoms with Gasteiger partial charge in [-0.3, -0.25) is 9.59 Å². The van der Waals surface area contributed by atoms with Crippen molar-refractivity contribution in [2.24, 2.45) is 5.41 Å². The summed E-state index contributed by atoms with van der Waals surface area (Å²) < 4.78 is 0.